The van der Waals surface area contributed by atoms with Gasteiger partial charge in [0, 0.05) is 6.20 Å². The van der Waals surface area contributed by atoms with Crippen LogP contribution >= 0.6 is 0 Å². The molecule has 88 valence electrons. The van der Waals surface area contributed by atoms with E-state index in [9.17, 15) is 4.79 Å². The lowest BCUT2D eigenvalue weighted by Crippen LogP contribution is -2.45. The van der Waals surface area contributed by atoms with E-state index in [4.69, 9.17) is 11.5 Å². The third kappa shape index (κ3) is 2.39. The van der Waals surface area contributed by atoms with Crippen LogP contribution in [0.4, 0.5) is 5.82 Å². The minimum absolute atomic E-state index is 0.127. The highest BCUT2D eigenvalue weighted by Crippen LogP contribution is 2.22. The van der Waals surface area contributed by atoms with Crippen molar-refractivity contribution < 1.29 is 4.79 Å². The molecule has 0 aliphatic heterocycles. The number of carbonyl (C=O) groups is 1. The molecule has 1 atom stereocenters. The van der Waals surface area contributed by atoms with Gasteiger partial charge in [0.05, 0.1) is 11.1 Å². The normalized spacial score (nSPS) is 14.5. The van der Waals surface area contributed by atoms with E-state index in [2.05, 4.69) is 4.98 Å². The van der Waals surface area contributed by atoms with Gasteiger partial charge in [0.1, 0.15) is 5.82 Å². The Balaban J connectivity index is 3.14. The standard InChI is InChI=1S/C12H19N3O/c1-4-6-12(3,14)10(16)9-8(2)5-7-15-11(9)13/h5,7H,4,6,14H2,1-3H3,(H2,13,15). The van der Waals surface area contributed by atoms with Crippen LogP contribution in [0, 0.1) is 6.92 Å². The number of hydrogen-bond donors (Lipinski definition) is 2. The largest absolute Gasteiger partial charge is 0.383 e. The Morgan fingerprint density at radius 1 is 1.56 bits per heavy atom. The molecule has 4 nitrogen and oxygen atoms in total. The Kier molecular flexibility index (Phi) is 3.65. The zero-order chi connectivity index (χ0) is 12.3. The minimum Gasteiger partial charge on any atom is -0.383 e. The second kappa shape index (κ2) is 4.61. The van der Waals surface area contributed by atoms with Crippen molar-refractivity contribution in [2.45, 2.75) is 39.2 Å². The van der Waals surface area contributed by atoms with Crippen LogP contribution in [-0.2, 0) is 0 Å². The Morgan fingerprint density at radius 3 is 2.69 bits per heavy atom. The molecule has 4 N–H and O–H groups in total. The molecule has 0 fully saturated rings. The summed E-state index contributed by atoms with van der Waals surface area (Å²) in [4.78, 5) is 16.2. The number of nitrogens with zero attached hydrogens (tertiary/aromatic N) is 1. The molecule has 16 heavy (non-hydrogen) atoms. The van der Waals surface area contributed by atoms with E-state index < -0.39 is 5.54 Å². The first-order valence-electron chi connectivity index (χ1n) is 5.45. The van der Waals surface area contributed by atoms with Crippen LogP contribution in [0.2, 0.25) is 0 Å². The zero-order valence-corrected chi connectivity index (χ0v) is 10.1. The summed E-state index contributed by atoms with van der Waals surface area (Å²) in [6.45, 7) is 5.58. The molecule has 0 saturated heterocycles. The summed E-state index contributed by atoms with van der Waals surface area (Å²) in [7, 11) is 0. The molecule has 0 amide bonds. The van der Waals surface area contributed by atoms with Gasteiger partial charge in [0.2, 0.25) is 0 Å². The van der Waals surface area contributed by atoms with Gasteiger partial charge in [-0.15, -0.1) is 0 Å². The Morgan fingerprint density at radius 2 is 2.19 bits per heavy atom. The number of rotatable bonds is 4. The summed E-state index contributed by atoms with van der Waals surface area (Å²) < 4.78 is 0. The smallest absolute Gasteiger partial charge is 0.186 e. The predicted octanol–water partition coefficient (Wildman–Crippen LogP) is 1.67. The number of aryl methyl sites for hydroxylation is 1. The summed E-state index contributed by atoms with van der Waals surface area (Å²) in [6.07, 6.45) is 3.09. The van der Waals surface area contributed by atoms with Crippen molar-refractivity contribution >= 4 is 11.6 Å². The maximum atomic E-state index is 12.3. The molecule has 1 aromatic heterocycles. The average molecular weight is 221 g/mol. The third-order valence-corrected chi connectivity index (χ3v) is 2.70. The highest BCUT2D eigenvalue weighted by Gasteiger charge is 2.30. The van der Waals surface area contributed by atoms with Crippen LogP contribution in [0.25, 0.3) is 0 Å². The molecule has 4 heteroatoms. The summed E-state index contributed by atoms with van der Waals surface area (Å²) in [5, 5.41) is 0. The van der Waals surface area contributed by atoms with Gasteiger partial charge in [-0.25, -0.2) is 4.98 Å². The maximum absolute atomic E-state index is 12.3. The van der Waals surface area contributed by atoms with Crippen LogP contribution in [0.5, 0.6) is 0 Å². The van der Waals surface area contributed by atoms with E-state index in [-0.39, 0.29) is 11.6 Å². The minimum atomic E-state index is -0.864. The molecular formula is C12H19N3O. The Labute approximate surface area is 96.0 Å². The van der Waals surface area contributed by atoms with Crippen molar-refractivity contribution in [2.75, 3.05) is 5.73 Å². The van der Waals surface area contributed by atoms with Gasteiger partial charge in [-0.2, -0.15) is 0 Å². The summed E-state index contributed by atoms with van der Waals surface area (Å²) in [6, 6.07) is 1.77. The molecule has 1 aromatic rings. The van der Waals surface area contributed by atoms with E-state index in [1.165, 1.54) is 0 Å². The molecule has 0 bridgehead atoms. The molecule has 0 aliphatic rings. The van der Waals surface area contributed by atoms with Crippen LogP contribution in [0.1, 0.15) is 42.6 Å². The lowest BCUT2D eigenvalue weighted by Gasteiger charge is -2.23. The fourth-order valence-electron chi connectivity index (χ4n) is 1.79. The molecule has 0 radical (unpaired) electrons. The number of ketones is 1. The van der Waals surface area contributed by atoms with Crippen molar-refractivity contribution in [1.29, 1.82) is 0 Å². The summed E-state index contributed by atoms with van der Waals surface area (Å²) >= 11 is 0. The summed E-state index contributed by atoms with van der Waals surface area (Å²) in [5.41, 5.74) is 12.2. The molecule has 1 heterocycles. The van der Waals surface area contributed by atoms with Gasteiger partial charge in [0.25, 0.3) is 0 Å². The van der Waals surface area contributed by atoms with Gasteiger partial charge >= 0.3 is 0 Å². The van der Waals surface area contributed by atoms with Gasteiger partial charge in [-0.05, 0) is 31.9 Å². The van der Waals surface area contributed by atoms with Crippen molar-refractivity contribution in [3.8, 4) is 0 Å². The number of carbonyl (C=O) groups excluding carboxylic acids is 1. The fraction of sp³-hybridized carbons (Fsp3) is 0.500. The SMILES string of the molecule is CCCC(C)(N)C(=O)c1c(C)ccnc1N. The molecule has 1 unspecified atom stereocenters. The highest BCUT2D eigenvalue weighted by atomic mass is 16.1. The molecule has 0 saturated carbocycles. The van der Waals surface area contributed by atoms with E-state index >= 15 is 0 Å². The first-order chi connectivity index (χ1) is 7.40. The monoisotopic (exact) mass is 221 g/mol. The molecule has 0 spiro atoms. The van der Waals surface area contributed by atoms with Crippen LogP contribution in [0.3, 0.4) is 0 Å². The number of anilines is 1. The quantitative estimate of drug-likeness (QED) is 0.758. The molecule has 1 rings (SSSR count). The first kappa shape index (κ1) is 12.6. The highest BCUT2D eigenvalue weighted by molar-refractivity contribution is 6.07. The lowest BCUT2D eigenvalue weighted by molar-refractivity contribution is 0.0893. The van der Waals surface area contributed by atoms with E-state index in [1.54, 1.807) is 19.2 Å². The van der Waals surface area contributed by atoms with Crippen LogP contribution in [-0.4, -0.2) is 16.3 Å². The van der Waals surface area contributed by atoms with Crippen molar-refractivity contribution in [3.63, 3.8) is 0 Å². The number of hydrogen-bond acceptors (Lipinski definition) is 4. The number of Topliss-reactive ketones (excluding diaryl/α,β-unsaturated/α-hetero) is 1. The predicted molar refractivity (Wildman–Crippen MR) is 65.2 cm³/mol. The second-order valence-electron chi connectivity index (χ2n) is 4.38. The Bertz CT molecular complexity index is 379. The van der Waals surface area contributed by atoms with E-state index in [1.807, 2.05) is 13.8 Å². The number of nitrogen functional groups attached to an aromatic ring is 1. The third-order valence-electron chi connectivity index (χ3n) is 2.70. The first-order valence-corrected chi connectivity index (χ1v) is 5.45. The van der Waals surface area contributed by atoms with Gasteiger partial charge in [-0.1, -0.05) is 13.3 Å². The maximum Gasteiger partial charge on any atom is 0.186 e. The van der Waals surface area contributed by atoms with E-state index in [0.29, 0.717) is 12.0 Å². The summed E-state index contributed by atoms with van der Waals surface area (Å²) in [5.74, 6) is 0.134. The molecule has 0 aromatic carbocycles. The lowest BCUT2D eigenvalue weighted by atomic mass is 9.87. The number of nitrogens with two attached hydrogens (primary N) is 2. The second-order valence-corrected chi connectivity index (χ2v) is 4.38. The number of aromatic nitrogens is 1. The molecule has 0 aliphatic carbocycles. The zero-order valence-electron chi connectivity index (χ0n) is 10.1. The van der Waals surface area contributed by atoms with E-state index in [0.717, 1.165) is 12.0 Å². The Hall–Kier alpha value is -1.42. The van der Waals surface area contributed by atoms with Crippen molar-refractivity contribution in [2.24, 2.45) is 5.73 Å². The number of pyridine rings is 1. The fourth-order valence-corrected chi connectivity index (χ4v) is 1.79. The van der Waals surface area contributed by atoms with Crippen molar-refractivity contribution in [1.82, 2.24) is 4.98 Å². The van der Waals surface area contributed by atoms with Crippen molar-refractivity contribution in [3.05, 3.63) is 23.4 Å². The van der Waals surface area contributed by atoms with Crippen LogP contribution < -0.4 is 11.5 Å². The van der Waals surface area contributed by atoms with Crippen LogP contribution in [0.15, 0.2) is 12.3 Å². The molecular weight excluding hydrogens is 202 g/mol. The van der Waals surface area contributed by atoms with Gasteiger partial charge in [0.15, 0.2) is 5.78 Å². The average Bonchev–Trinajstić information content (AvgIpc) is 2.17. The topological polar surface area (TPSA) is 82.0 Å². The van der Waals surface area contributed by atoms with Gasteiger partial charge < -0.3 is 11.5 Å². The van der Waals surface area contributed by atoms with Gasteiger partial charge in [-0.3, -0.25) is 4.79 Å².